The smallest absolute Gasteiger partial charge is 0.330 e. The SMILES string of the molecule is C=CC(=O)OCCC[Si]c1cccc(OCC)c1OCC. The van der Waals surface area contributed by atoms with Crippen LogP contribution in [0.3, 0.4) is 0 Å². The van der Waals surface area contributed by atoms with E-state index in [4.69, 9.17) is 14.2 Å². The first-order chi connectivity index (χ1) is 10.2. The van der Waals surface area contributed by atoms with Crippen molar-refractivity contribution >= 4 is 20.7 Å². The lowest BCUT2D eigenvalue weighted by Gasteiger charge is -2.14. The minimum Gasteiger partial charge on any atom is -0.490 e. The normalized spacial score (nSPS) is 10.0. The molecular formula is C16H22O4Si. The molecule has 0 unspecified atom stereocenters. The zero-order chi connectivity index (χ0) is 15.5. The molecule has 0 aliphatic rings. The minimum atomic E-state index is -0.369. The van der Waals surface area contributed by atoms with E-state index in [2.05, 4.69) is 12.6 Å². The maximum Gasteiger partial charge on any atom is 0.330 e. The summed E-state index contributed by atoms with van der Waals surface area (Å²) in [4.78, 5) is 10.9. The van der Waals surface area contributed by atoms with Gasteiger partial charge in [0.1, 0.15) is 0 Å². The summed E-state index contributed by atoms with van der Waals surface area (Å²) in [5, 5.41) is 1.15. The third kappa shape index (κ3) is 6.04. The summed E-state index contributed by atoms with van der Waals surface area (Å²) in [6, 6.07) is 6.91. The average molecular weight is 306 g/mol. The van der Waals surface area contributed by atoms with Gasteiger partial charge in [-0.25, -0.2) is 4.79 Å². The Labute approximate surface area is 128 Å². The van der Waals surface area contributed by atoms with Crippen molar-refractivity contribution < 1.29 is 19.0 Å². The quantitative estimate of drug-likeness (QED) is 0.288. The van der Waals surface area contributed by atoms with E-state index >= 15 is 0 Å². The fraction of sp³-hybridized carbons (Fsp3) is 0.438. The molecule has 4 nitrogen and oxygen atoms in total. The van der Waals surface area contributed by atoms with Crippen molar-refractivity contribution in [2.75, 3.05) is 19.8 Å². The van der Waals surface area contributed by atoms with Gasteiger partial charge in [0.15, 0.2) is 11.5 Å². The van der Waals surface area contributed by atoms with Crippen molar-refractivity contribution in [3.63, 3.8) is 0 Å². The molecule has 0 aliphatic heterocycles. The van der Waals surface area contributed by atoms with Gasteiger partial charge in [-0.3, -0.25) is 0 Å². The number of esters is 1. The van der Waals surface area contributed by atoms with Crippen LogP contribution in [-0.2, 0) is 9.53 Å². The second kappa shape index (κ2) is 10.0. The number of hydrogen-bond acceptors (Lipinski definition) is 4. The summed E-state index contributed by atoms with van der Waals surface area (Å²) in [5.74, 6) is 1.26. The summed E-state index contributed by atoms with van der Waals surface area (Å²) in [7, 11) is 0.596. The highest BCUT2D eigenvalue weighted by Crippen LogP contribution is 2.24. The number of para-hydroxylation sites is 1. The molecule has 1 rings (SSSR count). The Hall–Kier alpha value is -1.75. The molecule has 0 amide bonds. The summed E-state index contributed by atoms with van der Waals surface area (Å²) < 4.78 is 16.3. The predicted octanol–water partition coefficient (Wildman–Crippen LogP) is 2.35. The number of benzene rings is 1. The molecule has 1 aromatic carbocycles. The highest BCUT2D eigenvalue weighted by molar-refractivity contribution is 6.54. The molecule has 1 aromatic rings. The zero-order valence-corrected chi connectivity index (χ0v) is 13.7. The molecule has 0 saturated heterocycles. The minimum absolute atomic E-state index is 0.369. The number of ether oxygens (including phenoxy) is 3. The monoisotopic (exact) mass is 306 g/mol. The first-order valence-corrected chi connectivity index (χ1v) is 8.35. The molecule has 114 valence electrons. The first kappa shape index (κ1) is 17.3. The molecule has 5 heteroatoms. The Morgan fingerprint density at radius 1 is 1.29 bits per heavy atom. The van der Waals surface area contributed by atoms with Crippen LogP contribution in [0.4, 0.5) is 0 Å². The lowest BCUT2D eigenvalue weighted by atomic mass is 10.3. The Bertz CT molecular complexity index is 460. The molecule has 0 atom stereocenters. The molecule has 21 heavy (non-hydrogen) atoms. The van der Waals surface area contributed by atoms with Gasteiger partial charge in [-0.2, -0.15) is 0 Å². The van der Waals surface area contributed by atoms with Crippen LogP contribution in [0.5, 0.6) is 11.5 Å². The van der Waals surface area contributed by atoms with Gasteiger partial charge in [0, 0.05) is 6.08 Å². The van der Waals surface area contributed by atoms with Crippen molar-refractivity contribution in [1.82, 2.24) is 0 Å². The fourth-order valence-corrected chi connectivity index (χ4v) is 2.90. The van der Waals surface area contributed by atoms with E-state index in [1.54, 1.807) is 0 Å². The van der Waals surface area contributed by atoms with E-state index in [9.17, 15) is 4.79 Å². The van der Waals surface area contributed by atoms with Crippen LogP contribution in [0.2, 0.25) is 6.04 Å². The van der Waals surface area contributed by atoms with Crippen LogP contribution in [0, 0.1) is 0 Å². The van der Waals surface area contributed by atoms with Crippen LogP contribution >= 0.6 is 0 Å². The van der Waals surface area contributed by atoms with Crippen LogP contribution in [0.15, 0.2) is 30.9 Å². The highest BCUT2D eigenvalue weighted by atomic mass is 28.2. The van der Waals surface area contributed by atoms with E-state index in [1.807, 2.05) is 26.0 Å². The van der Waals surface area contributed by atoms with Gasteiger partial charge >= 0.3 is 5.97 Å². The van der Waals surface area contributed by atoms with Gasteiger partial charge in [-0.05, 0) is 31.5 Å². The molecule has 2 radical (unpaired) electrons. The van der Waals surface area contributed by atoms with Gasteiger partial charge in [0.2, 0.25) is 0 Å². The Kier molecular flexibility index (Phi) is 8.27. The topological polar surface area (TPSA) is 44.8 Å². The third-order valence-corrected chi connectivity index (χ3v) is 3.99. The van der Waals surface area contributed by atoms with Crippen LogP contribution in [0.25, 0.3) is 0 Å². The van der Waals surface area contributed by atoms with Crippen molar-refractivity contribution in [3.8, 4) is 11.5 Å². The molecule has 0 fully saturated rings. The van der Waals surface area contributed by atoms with Gasteiger partial charge in [-0.15, -0.1) is 0 Å². The van der Waals surface area contributed by atoms with Gasteiger partial charge < -0.3 is 14.2 Å². The van der Waals surface area contributed by atoms with Gasteiger partial charge in [0.25, 0.3) is 0 Å². The second-order valence-corrected chi connectivity index (χ2v) is 5.54. The van der Waals surface area contributed by atoms with E-state index in [0.29, 0.717) is 29.3 Å². The molecule has 0 heterocycles. The zero-order valence-electron chi connectivity index (χ0n) is 12.7. The molecule has 0 aliphatic carbocycles. The van der Waals surface area contributed by atoms with Crippen LogP contribution < -0.4 is 14.7 Å². The largest absolute Gasteiger partial charge is 0.490 e. The van der Waals surface area contributed by atoms with Crippen molar-refractivity contribution in [3.05, 3.63) is 30.9 Å². The highest BCUT2D eigenvalue weighted by Gasteiger charge is 2.11. The van der Waals surface area contributed by atoms with E-state index < -0.39 is 0 Å². The standard InChI is InChI=1S/C16H22O4Si/c1-4-15(17)20-11-8-12-21-14-10-7-9-13(18-5-2)16(14)19-6-3/h4,7,9-10H,1,5-6,8,11-12H2,2-3H3. The molecule has 0 bridgehead atoms. The van der Waals surface area contributed by atoms with Gasteiger partial charge in [0.05, 0.1) is 29.3 Å². The van der Waals surface area contributed by atoms with Crippen molar-refractivity contribution in [2.45, 2.75) is 26.3 Å². The molecule has 0 spiro atoms. The lowest BCUT2D eigenvalue weighted by Crippen LogP contribution is -2.19. The number of rotatable bonds is 10. The first-order valence-electron chi connectivity index (χ1n) is 7.14. The molecule has 0 saturated carbocycles. The maximum atomic E-state index is 10.9. The summed E-state index contributed by atoms with van der Waals surface area (Å²) >= 11 is 0. The van der Waals surface area contributed by atoms with Crippen molar-refractivity contribution in [1.29, 1.82) is 0 Å². The molecular weight excluding hydrogens is 284 g/mol. The van der Waals surface area contributed by atoms with Crippen molar-refractivity contribution in [2.24, 2.45) is 0 Å². The van der Waals surface area contributed by atoms with Crippen LogP contribution in [0.1, 0.15) is 20.3 Å². The van der Waals surface area contributed by atoms with Gasteiger partial charge in [-0.1, -0.05) is 24.8 Å². The predicted molar refractivity (Wildman–Crippen MR) is 84.7 cm³/mol. The second-order valence-electron chi connectivity index (χ2n) is 4.15. The number of hydrogen-bond donors (Lipinski definition) is 0. The lowest BCUT2D eigenvalue weighted by molar-refractivity contribution is -0.137. The van der Waals surface area contributed by atoms with E-state index in [-0.39, 0.29) is 5.97 Å². The maximum absolute atomic E-state index is 10.9. The summed E-state index contributed by atoms with van der Waals surface area (Å²) in [5.41, 5.74) is 0. The number of carbonyl (C=O) groups excluding carboxylic acids is 1. The fourth-order valence-electron chi connectivity index (χ4n) is 1.74. The average Bonchev–Trinajstić information content (AvgIpc) is 2.49. The Morgan fingerprint density at radius 2 is 2.05 bits per heavy atom. The molecule has 0 N–H and O–H groups in total. The summed E-state index contributed by atoms with van der Waals surface area (Å²) in [6.07, 6.45) is 2.00. The van der Waals surface area contributed by atoms with Crippen LogP contribution in [-0.4, -0.2) is 35.3 Å². The Morgan fingerprint density at radius 3 is 2.71 bits per heavy atom. The number of carbonyl (C=O) groups is 1. The third-order valence-electron chi connectivity index (χ3n) is 2.61. The molecule has 0 aromatic heterocycles. The Balaban J connectivity index is 2.55. The summed E-state index contributed by atoms with van der Waals surface area (Å²) in [6.45, 7) is 8.93. The van der Waals surface area contributed by atoms with E-state index in [1.165, 1.54) is 6.08 Å². The van der Waals surface area contributed by atoms with E-state index in [0.717, 1.165) is 29.2 Å².